The van der Waals surface area contributed by atoms with Gasteiger partial charge in [0.1, 0.15) is 12.1 Å². The molecule has 2 aliphatic rings. The maximum atomic E-state index is 12.9. The third kappa shape index (κ3) is 3.87. The van der Waals surface area contributed by atoms with Crippen LogP contribution in [0.25, 0.3) is 0 Å². The Labute approximate surface area is 150 Å². The lowest BCUT2D eigenvalue weighted by atomic mass is 9.95. The fourth-order valence-electron chi connectivity index (χ4n) is 3.90. The molecule has 0 radical (unpaired) electrons. The van der Waals surface area contributed by atoms with E-state index in [1.165, 1.54) is 5.56 Å². The van der Waals surface area contributed by atoms with Gasteiger partial charge in [0.25, 0.3) is 0 Å². The summed E-state index contributed by atoms with van der Waals surface area (Å²) in [5.74, 6) is 0.617. The summed E-state index contributed by atoms with van der Waals surface area (Å²) in [6.07, 6.45) is 1.71. The van der Waals surface area contributed by atoms with Crippen molar-refractivity contribution in [1.29, 1.82) is 0 Å². The van der Waals surface area contributed by atoms with Gasteiger partial charge in [-0.1, -0.05) is 44.2 Å². The average molecular weight is 343 g/mol. The number of carbonyl (C=O) groups is 2. The number of rotatable bonds is 5. The second kappa shape index (κ2) is 7.56. The SMILES string of the molecule is CC(C)C[C@H]1C(=O)N2CCN(CCc3ccccc3)C[C@@H]2C(=O)N1C. The van der Waals surface area contributed by atoms with Crippen LogP contribution in [0.3, 0.4) is 0 Å². The lowest BCUT2D eigenvalue weighted by Gasteiger charge is -2.48. The number of piperazine rings is 2. The first-order valence-electron chi connectivity index (χ1n) is 9.31. The summed E-state index contributed by atoms with van der Waals surface area (Å²) in [6.45, 7) is 7.27. The van der Waals surface area contributed by atoms with Crippen molar-refractivity contribution in [2.45, 2.75) is 38.8 Å². The third-order valence-corrected chi connectivity index (χ3v) is 5.39. The van der Waals surface area contributed by atoms with E-state index in [1.54, 1.807) is 11.9 Å². The molecular weight excluding hydrogens is 314 g/mol. The maximum absolute atomic E-state index is 12.9. The molecule has 0 unspecified atom stereocenters. The molecule has 0 N–H and O–H groups in total. The fourth-order valence-corrected chi connectivity index (χ4v) is 3.90. The lowest BCUT2D eigenvalue weighted by molar-refractivity contribution is -0.164. The second-order valence-electron chi connectivity index (χ2n) is 7.68. The van der Waals surface area contributed by atoms with Gasteiger partial charge in [-0.2, -0.15) is 0 Å². The molecule has 0 saturated carbocycles. The molecule has 25 heavy (non-hydrogen) atoms. The largest absolute Gasteiger partial charge is 0.332 e. The van der Waals surface area contributed by atoms with Crippen molar-refractivity contribution in [3.63, 3.8) is 0 Å². The molecule has 2 saturated heterocycles. The fraction of sp³-hybridized carbons (Fsp3) is 0.600. The van der Waals surface area contributed by atoms with Crippen LogP contribution in [-0.2, 0) is 16.0 Å². The van der Waals surface area contributed by atoms with Crippen LogP contribution in [0.15, 0.2) is 30.3 Å². The molecule has 2 fully saturated rings. The predicted molar refractivity (Wildman–Crippen MR) is 98.1 cm³/mol. The predicted octanol–water partition coefficient (Wildman–Crippen LogP) is 1.63. The smallest absolute Gasteiger partial charge is 0.247 e. The highest BCUT2D eigenvalue weighted by atomic mass is 16.2. The quantitative estimate of drug-likeness (QED) is 0.816. The number of amides is 2. The minimum absolute atomic E-state index is 0.0923. The van der Waals surface area contributed by atoms with Gasteiger partial charge in [0.05, 0.1) is 0 Å². The van der Waals surface area contributed by atoms with Crippen molar-refractivity contribution in [3.05, 3.63) is 35.9 Å². The summed E-state index contributed by atoms with van der Waals surface area (Å²) in [7, 11) is 1.79. The molecule has 5 nitrogen and oxygen atoms in total. The molecule has 2 atom stereocenters. The van der Waals surface area contributed by atoms with E-state index in [2.05, 4.69) is 43.0 Å². The molecule has 1 aromatic carbocycles. The first-order chi connectivity index (χ1) is 12.0. The van der Waals surface area contributed by atoms with Crippen molar-refractivity contribution in [1.82, 2.24) is 14.7 Å². The van der Waals surface area contributed by atoms with Gasteiger partial charge in [0, 0.05) is 33.2 Å². The van der Waals surface area contributed by atoms with Crippen LogP contribution >= 0.6 is 0 Å². The molecule has 3 rings (SSSR count). The van der Waals surface area contributed by atoms with E-state index >= 15 is 0 Å². The minimum Gasteiger partial charge on any atom is -0.332 e. The summed E-state index contributed by atoms with van der Waals surface area (Å²) in [6, 6.07) is 9.80. The van der Waals surface area contributed by atoms with E-state index in [1.807, 2.05) is 11.0 Å². The Morgan fingerprint density at radius 1 is 1.08 bits per heavy atom. The monoisotopic (exact) mass is 343 g/mol. The van der Waals surface area contributed by atoms with Crippen molar-refractivity contribution in [2.75, 3.05) is 33.2 Å². The third-order valence-electron chi connectivity index (χ3n) is 5.39. The molecule has 5 heteroatoms. The van der Waals surface area contributed by atoms with Gasteiger partial charge in [0.15, 0.2) is 0 Å². The van der Waals surface area contributed by atoms with Crippen LogP contribution < -0.4 is 0 Å². The number of hydrogen-bond donors (Lipinski definition) is 0. The van der Waals surface area contributed by atoms with Gasteiger partial charge in [-0.25, -0.2) is 0 Å². The highest BCUT2D eigenvalue weighted by Gasteiger charge is 2.46. The number of benzene rings is 1. The Morgan fingerprint density at radius 3 is 2.48 bits per heavy atom. The van der Waals surface area contributed by atoms with Crippen molar-refractivity contribution < 1.29 is 9.59 Å². The number of likely N-dealkylation sites (N-methyl/N-ethyl adjacent to an activating group) is 1. The Morgan fingerprint density at radius 2 is 1.80 bits per heavy atom. The topological polar surface area (TPSA) is 43.9 Å². The van der Waals surface area contributed by atoms with Crippen LogP contribution in [0.1, 0.15) is 25.8 Å². The van der Waals surface area contributed by atoms with E-state index < -0.39 is 0 Å². The summed E-state index contributed by atoms with van der Waals surface area (Å²) in [5.41, 5.74) is 1.31. The number of nitrogens with zero attached hydrogens (tertiary/aromatic N) is 3. The zero-order valence-electron chi connectivity index (χ0n) is 15.5. The average Bonchev–Trinajstić information content (AvgIpc) is 2.62. The number of hydrogen-bond acceptors (Lipinski definition) is 3. The maximum Gasteiger partial charge on any atom is 0.247 e. The molecule has 2 heterocycles. The van der Waals surface area contributed by atoms with E-state index in [9.17, 15) is 9.59 Å². The standard InChI is InChI=1S/C20H29N3O2/c1-15(2)13-17-20(25)23-12-11-22(14-18(23)19(24)21(17)3)10-9-16-7-5-4-6-8-16/h4-8,15,17-18H,9-14H2,1-3H3/t17-,18+/m0/s1. The minimum atomic E-state index is -0.314. The van der Waals surface area contributed by atoms with E-state index in [0.717, 1.165) is 25.9 Å². The van der Waals surface area contributed by atoms with Crippen LogP contribution in [0.4, 0.5) is 0 Å². The molecule has 2 amide bonds. The van der Waals surface area contributed by atoms with Crippen molar-refractivity contribution >= 4 is 11.8 Å². The summed E-state index contributed by atoms with van der Waals surface area (Å²) >= 11 is 0. The van der Waals surface area contributed by atoms with E-state index in [-0.39, 0.29) is 23.9 Å². The first-order valence-corrected chi connectivity index (χ1v) is 9.31. The normalized spacial score (nSPS) is 24.8. The number of carbonyl (C=O) groups excluding carboxylic acids is 2. The van der Waals surface area contributed by atoms with Gasteiger partial charge < -0.3 is 9.80 Å². The molecule has 136 valence electrons. The van der Waals surface area contributed by atoms with Crippen LogP contribution in [0.2, 0.25) is 0 Å². The number of fused-ring (bicyclic) bond motifs is 1. The van der Waals surface area contributed by atoms with E-state index in [0.29, 0.717) is 19.0 Å². The van der Waals surface area contributed by atoms with Gasteiger partial charge >= 0.3 is 0 Å². The Balaban J connectivity index is 1.63. The lowest BCUT2D eigenvalue weighted by Crippen LogP contribution is -2.69. The van der Waals surface area contributed by atoms with Gasteiger partial charge in [-0.3, -0.25) is 14.5 Å². The van der Waals surface area contributed by atoms with Crippen LogP contribution in [0.5, 0.6) is 0 Å². The van der Waals surface area contributed by atoms with Crippen molar-refractivity contribution in [3.8, 4) is 0 Å². The molecule has 0 aromatic heterocycles. The molecule has 0 spiro atoms. The zero-order valence-corrected chi connectivity index (χ0v) is 15.5. The summed E-state index contributed by atoms with van der Waals surface area (Å²) in [5, 5.41) is 0. The second-order valence-corrected chi connectivity index (χ2v) is 7.68. The zero-order chi connectivity index (χ0) is 18.0. The highest BCUT2D eigenvalue weighted by molar-refractivity contribution is 5.97. The molecule has 0 aliphatic carbocycles. The Kier molecular flexibility index (Phi) is 5.42. The molecule has 2 aliphatic heterocycles. The molecular formula is C20H29N3O2. The van der Waals surface area contributed by atoms with Gasteiger partial charge in [-0.05, 0) is 24.3 Å². The highest BCUT2D eigenvalue weighted by Crippen LogP contribution is 2.24. The first kappa shape index (κ1) is 17.9. The van der Waals surface area contributed by atoms with Crippen molar-refractivity contribution in [2.24, 2.45) is 5.92 Å². The summed E-state index contributed by atoms with van der Waals surface area (Å²) in [4.78, 5) is 31.5. The molecule has 1 aromatic rings. The molecule has 0 bridgehead atoms. The Hall–Kier alpha value is -1.88. The Bertz CT molecular complexity index is 617. The van der Waals surface area contributed by atoms with Crippen LogP contribution in [0, 0.1) is 5.92 Å². The van der Waals surface area contributed by atoms with Crippen LogP contribution in [-0.4, -0.2) is 71.8 Å². The van der Waals surface area contributed by atoms with Gasteiger partial charge in [0.2, 0.25) is 11.8 Å². The van der Waals surface area contributed by atoms with E-state index in [4.69, 9.17) is 0 Å². The van der Waals surface area contributed by atoms with Gasteiger partial charge in [-0.15, -0.1) is 0 Å². The summed E-state index contributed by atoms with van der Waals surface area (Å²) < 4.78 is 0.